The molecule has 0 radical (unpaired) electrons. The van der Waals surface area contributed by atoms with Gasteiger partial charge in [-0.15, -0.1) is 0 Å². The van der Waals surface area contributed by atoms with E-state index in [1.807, 2.05) is 13.8 Å². The summed E-state index contributed by atoms with van der Waals surface area (Å²) in [5, 5.41) is 5.81. The molecular formula is C16H20ClN3O3. The molecule has 3 amide bonds. The zero-order chi connectivity index (χ0) is 17.0. The van der Waals surface area contributed by atoms with Gasteiger partial charge in [-0.3, -0.25) is 14.4 Å². The topological polar surface area (TPSA) is 78.5 Å². The van der Waals surface area contributed by atoms with E-state index in [0.29, 0.717) is 10.7 Å². The number of hydrogen-bond donors (Lipinski definition) is 2. The van der Waals surface area contributed by atoms with Gasteiger partial charge in [0.25, 0.3) is 0 Å². The summed E-state index contributed by atoms with van der Waals surface area (Å²) in [6.45, 7) is 3.89. The number of hydrogen-bond acceptors (Lipinski definition) is 3. The summed E-state index contributed by atoms with van der Waals surface area (Å²) < 4.78 is 0. The number of benzene rings is 1. The van der Waals surface area contributed by atoms with Crippen LogP contribution in [0, 0.1) is 5.92 Å². The van der Waals surface area contributed by atoms with E-state index < -0.39 is 5.92 Å². The molecule has 2 N–H and O–H groups in total. The lowest BCUT2D eigenvalue weighted by Crippen LogP contribution is -2.42. The van der Waals surface area contributed by atoms with Crippen LogP contribution in [-0.2, 0) is 14.4 Å². The second-order valence-corrected chi connectivity index (χ2v) is 6.26. The maximum atomic E-state index is 12.1. The second kappa shape index (κ2) is 7.46. The molecule has 1 heterocycles. The van der Waals surface area contributed by atoms with Gasteiger partial charge in [0, 0.05) is 29.7 Å². The molecule has 0 saturated carbocycles. The van der Waals surface area contributed by atoms with E-state index in [1.165, 1.54) is 0 Å². The molecule has 0 spiro atoms. The van der Waals surface area contributed by atoms with Crippen molar-refractivity contribution in [3.05, 3.63) is 29.3 Å². The number of nitrogens with zero attached hydrogens (tertiary/aromatic N) is 1. The Balaban J connectivity index is 1.91. The SMILES string of the molecule is CC(C)NC(=O)CNC(=O)C1CC(=O)N(c2cccc(Cl)c2)C1. The lowest BCUT2D eigenvalue weighted by molar-refractivity contribution is -0.129. The molecule has 1 aromatic rings. The monoisotopic (exact) mass is 337 g/mol. The average Bonchev–Trinajstić information content (AvgIpc) is 2.86. The third-order valence-corrected chi connectivity index (χ3v) is 3.72. The van der Waals surface area contributed by atoms with E-state index in [0.717, 1.165) is 0 Å². The quantitative estimate of drug-likeness (QED) is 0.851. The number of carbonyl (C=O) groups excluding carboxylic acids is 3. The van der Waals surface area contributed by atoms with Crippen LogP contribution in [0.4, 0.5) is 5.69 Å². The second-order valence-electron chi connectivity index (χ2n) is 5.83. The molecule has 0 aromatic heterocycles. The highest BCUT2D eigenvalue weighted by Gasteiger charge is 2.35. The van der Waals surface area contributed by atoms with Crippen molar-refractivity contribution in [1.82, 2.24) is 10.6 Å². The predicted molar refractivity (Wildman–Crippen MR) is 88.2 cm³/mol. The van der Waals surface area contributed by atoms with Crippen LogP contribution in [0.15, 0.2) is 24.3 Å². The molecule has 7 heteroatoms. The van der Waals surface area contributed by atoms with Crippen LogP contribution in [0.25, 0.3) is 0 Å². The normalized spacial score (nSPS) is 17.5. The molecule has 1 atom stereocenters. The van der Waals surface area contributed by atoms with Gasteiger partial charge in [-0.25, -0.2) is 0 Å². The fourth-order valence-corrected chi connectivity index (χ4v) is 2.65. The standard InChI is InChI=1S/C16H20ClN3O3/c1-10(2)19-14(21)8-18-16(23)11-6-15(22)20(9-11)13-5-3-4-12(17)7-13/h3-5,7,10-11H,6,8-9H2,1-2H3,(H,18,23)(H,19,21). The molecule has 6 nitrogen and oxygen atoms in total. The summed E-state index contributed by atoms with van der Waals surface area (Å²) in [5.41, 5.74) is 0.676. The summed E-state index contributed by atoms with van der Waals surface area (Å²) in [5.74, 6) is -1.13. The van der Waals surface area contributed by atoms with Gasteiger partial charge in [0.1, 0.15) is 0 Å². The van der Waals surface area contributed by atoms with E-state index in [-0.39, 0.29) is 43.3 Å². The van der Waals surface area contributed by atoms with Gasteiger partial charge in [-0.2, -0.15) is 0 Å². The highest BCUT2D eigenvalue weighted by Crippen LogP contribution is 2.27. The van der Waals surface area contributed by atoms with E-state index in [4.69, 9.17) is 11.6 Å². The fourth-order valence-electron chi connectivity index (χ4n) is 2.46. The van der Waals surface area contributed by atoms with E-state index in [9.17, 15) is 14.4 Å². The maximum Gasteiger partial charge on any atom is 0.239 e. The molecule has 1 aliphatic heterocycles. The van der Waals surface area contributed by atoms with Crippen LogP contribution in [0.1, 0.15) is 20.3 Å². The van der Waals surface area contributed by atoms with Crippen LogP contribution in [0.2, 0.25) is 5.02 Å². The van der Waals surface area contributed by atoms with E-state index in [2.05, 4.69) is 10.6 Å². The Bertz CT molecular complexity index is 618. The molecule has 0 bridgehead atoms. The Morgan fingerprint density at radius 2 is 2.13 bits per heavy atom. The highest BCUT2D eigenvalue weighted by atomic mass is 35.5. The smallest absolute Gasteiger partial charge is 0.239 e. The van der Waals surface area contributed by atoms with Crippen molar-refractivity contribution in [2.45, 2.75) is 26.3 Å². The van der Waals surface area contributed by atoms with Gasteiger partial charge in [0.2, 0.25) is 17.7 Å². The zero-order valence-electron chi connectivity index (χ0n) is 13.1. The van der Waals surface area contributed by atoms with Crippen LogP contribution >= 0.6 is 11.6 Å². The molecule has 1 unspecified atom stereocenters. The Morgan fingerprint density at radius 3 is 2.78 bits per heavy atom. The van der Waals surface area contributed by atoms with Gasteiger partial charge in [-0.1, -0.05) is 17.7 Å². The summed E-state index contributed by atoms with van der Waals surface area (Å²) in [7, 11) is 0. The highest BCUT2D eigenvalue weighted by molar-refractivity contribution is 6.31. The molecule has 23 heavy (non-hydrogen) atoms. The van der Waals surface area contributed by atoms with Crippen LogP contribution in [0.3, 0.4) is 0 Å². The van der Waals surface area contributed by atoms with Crippen LogP contribution in [0.5, 0.6) is 0 Å². The Labute approximate surface area is 140 Å². The maximum absolute atomic E-state index is 12.1. The lowest BCUT2D eigenvalue weighted by Gasteiger charge is -2.17. The number of halogens is 1. The molecule has 124 valence electrons. The first-order valence-electron chi connectivity index (χ1n) is 7.50. The van der Waals surface area contributed by atoms with Crippen molar-refractivity contribution in [3.63, 3.8) is 0 Å². The van der Waals surface area contributed by atoms with Crippen LogP contribution in [-0.4, -0.2) is 36.9 Å². The Hall–Kier alpha value is -2.08. The van der Waals surface area contributed by atoms with Gasteiger partial charge >= 0.3 is 0 Å². The van der Waals surface area contributed by atoms with Crippen molar-refractivity contribution in [2.24, 2.45) is 5.92 Å². The number of amides is 3. The van der Waals surface area contributed by atoms with Crippen molar-refractivity contribution < 1.29 is 14.4 Å². The first-order valence-corrected chi connectivity index (χ1v) is 7.87. The van der Waals surface area contributed by atoms with E-state index in [1.54, 1.807) is 29.2 Å². The third kappa shape index (κ3) is 4.69. The largest absolute Gasteiger partial charge is 0.352 e. The van der Waals surface area contributed by atoms with Gasteiger partial charge in [0.15, 0.2) is 0 Å². The molecule has 1 fully saturated rings. The van der Waals surface area contributed by atoms with Crippen molar-refractivity contribution >= 4 is 35.0 Å². The predicted octanol–water partition coefficient (Wildman–Crippen LogP) is 1.33. The average molecular weight is 338 g/mol. The first kappa shape index (κ1) is 17.3. The molecule has 1 aliphatic rings. The minimum absolute atomic E-state index is 0.0192. The minimum Gasteiger partial charge on any atom is -0.352 e. The van der Waals surface area contributed by atoms with Crippen molar-refractivity contribution in [2.75, 3.05) is 18.0 Å². The van der Waals surface area contributed by atoms with Gasteiger partial charge < -0.3 is 15.5 Å². The summed E-state index contributed by atoms with van der Waals surface area (Å²) in [6, 6.07) is 6.97. The van der Waals surface area contributed by atoms with Gasteiger partial charge in [0.05, 0.1) is 12.5 Å². The molecule has 1 saturated heterocycles. The number of anilines is 1. The summed E-state index contributed by atoms with van der Waals surface area (Å²) in [6.07, 6.45) is 0.129. The number of rotatable bonds is 5. The number of nitrogens with one attached hydrogen (secondary N) is 2. The molecule has 1 aromatic carbocycles. The Kier molecular flexibility index (Phi) is 5.60. The van der Waals surface area contributed by atoms with E-state index >= 15 is 0 Å². The summed E-state index contributed by atoms with van der Waals surface area (Å²) >= 11 is 5.93. The van der Waals surface area contributed by atoms with Crippen molar-refractivity contribution in [1.29, 1.82) is 0 Å². The number of carbonyl (C=O) groups is 3. The third-order valence-electron chi connectivity index (χ3n) is 3.49. The van der Waals surface area contributed by atoms with Crippen LogP contribution < -0.4 is 15.5 Å². The fraction of sp³-hybridized carbons (Fsp3) is 0.438. The zero-order valence-corrected chi connectivity index (χ0v) is 13.9. The molecule has 0 aliphatic carbocycles. The minimum atomic E-state index is -0.465. The molecular weight excluding hydrogens is 318 g/mol. The Morgan fingerprint density at radius 1 is 1.39 bits per heavy atom. The lowest BCUT2D eigenvalue weighted by atomic mass is 10.1. The van der Waals surface area contributed by atoms with Crippen molar-refractivity contribution in [3.8, 4) is 0 Å². The van der Waals surface area contributed by atoms with Gasteiger partial charge in [-0.05, 0) is 32.0 Å². The first-order chi connectivity index (χ1) is 10.9. The summed E-state index contributed by atoms with van der Waals surface area (Å²) in [4.78, 5) is 37.3. The molecule has 2 rings (SSSR count).